The van der Waals surface area contributed by atoms with E-state index in [0.29, 0.717) is 38.2 Å². The zero-order valence-electron chi connectivity index (χ0n) is 17.5. The van der Waals surface area contributed by atoms with Gasteiger partial charge >= 0.3 is 12.4 Å². The Morgan fingerprint density at radius 2 is 1.75 bits per heavy atom. The number of carbonyl (C=O) groups is 2. The van der Waals surface area contributed by atoms with E-state index in [1.54, 1.807) is 4.90 Å². The van der Waals surface area contributed by atoms with Gasteiger partial charge in [-0.2, -0.15) is 26.3 Å². The monoisotopic (exact) mass is 465 g/mol. The van der Waals surface area contributed by atoms with Crippen molar-refractivity contribution in [1.29, 1.82) is 0 Å². The number of anilines is 1. The number of nitrogens with zero attached hydrogens (tertiary/aromatic N) is 2. The van der Waals surface area contributed by atoms with Gasteiger partial charge in [-0.05, 0) is 57.0 Å². The Morgan fingerprint density at radius 1 is 1.03 bits per heavy atom. The minimum atomic E-state index is -5.06. The molecule has 2 unspecified atom stereocenters. The number of benzene rings is 1. The maximum atomic E-state index is 13.3. The number of rotatable bonds is 4. The van der Waals surface area contributed by atoms with E-state index < -0.39 is 35.1 Å². The molecule has 2 aliphatic rings. The molecular weight excluding hydrogens is 440 g/mol. The number of piperidine rings is 1. The van der Waals surface area contributed by atoms with E-state index in [9.17, 15) is 35.9 Å². The number of nitrogens with one attached hydrogen (secondary N) is 1. The number of carbonyl (C=O) groups excluding carboxylic acids is 2. The zero-order chi connectivity index (χ0) is 23.7. The highest BCUT2D eigenvalue weighted by Gasteiger charge is 2.39. The molecule has 32 heavy (non-hydrogen) atoms. The predicted molar refractivity (Wildman–Crippen MR) is 105 cm³/mol. The van der Waals surface area contributed by atoms with E-state index in [4.69, 9.17) is 0 Å². The number of hydrogen-bond acceptors (Lipinski definition) is 3. The van der Waals surface area contributed by atoms with Gasteiger partial charge in [0.1, 0.15) is 0 Å². The van der Waals surface area contributed by atoms with E-state index in [-0.39, 0.29) is 30.2 Å². The van der Waals surface area contributed by atoms with Crippen LogP contribution in [0.4, 0.5) is 32.0 Å². The summed E-state index contributed by atoms with van der Waals surface area (Å²) in [7, 11) is 1.95. The van der Waals surface area contributed by atoms with Crippen molar-refractivity contribution in [2.75, 3.05) is 38.5 Å². The molecule has 0 spiro atoms. The van der Waals surface area contributed by atoms with Crippen LogP contribution in [-0.2, 0) is 21.9 Å². The van der Waals surface area contributed by atoms with Crippen LogP contribution in [0.2, 0.25) is 0 Å². The number of halogens is 6. The Morgan fingerprint density at radius 3 is 2.38 bits per heavy atom. The van der Waals surface area contributed by atoms with Gasteiger partial charge in [-0.1, -0.05) is 0 Å². The van der Waals surface area contributed by atoms with Crippen molar-refractivity contribution < 1.29 is 35.9 Å². The molecule has 2 heterocycles. The predicted octanol–water partition coefficient (Wildman–Crippen LogP) is 4.24. The molecule has 3 rings (SSSR count). The molecule has 2 saturated heterocycles. The Kier molecular flexibility index (Phi) is 7.06. The highest BCUT2D eigenvalue weighted by molar-refractivity contribution is 5.92. The molecule has 0 saturated carbocycles. The molecule has 178 valence electrons. The van der Waals surface area contributed by atoms with Gasteiger partial charge < -0.3 is 15.1 Å². The lowest BCUT2D eigenvalue weighted by Crippen LogP contribution is -2.42. The first kappa shape index (κ1) is 24.3. The van der Waals surface area contributed by atoms with Gasteiger partial charge in [0.05, 0.1) is 22.7 Å². The van der Waals surface area contributed by atoms with Crippen molar-refractivity contribution in [3.05, 3.63) is 29.3 Å². The van der Waals surface area contributed by atoms with Crippen LogP contribution in [0.3, 0.4) is 0 Å². The summed E-state index contributed by atoms with van der Waals surface area (Å²) in [6, 6.07) is 1.11. The van der Waals surface area contributed by atoms with Crippen LogP contribution in [-0.4, -0.2) is 54.8 Å². The summed E-state index contributed by atoms with van der Waals surface area (Å²) in [5, 5.41) is 2.10. The maximum absolute atomic E-state index is 13.3. The SMILES string of the molecule is CN1CCCC(C(=O)N2CCC(CC(=O)Nc3ccc(C(F)(F)F)cc3C(F)(F)F)C2)C1. The fourth-order valence-electron chi connectivity index (χ4n) is 4.35. The Balaban J connectivity index is 1.61. The molecule has 2 aliphatic heterocycles. The normalized spacial score (nSPS) is 22.8. The van der Waals surface area contributed by atoms with Crippen LogP contribution >= 0.6 is 0 Å². The summed E-state index contributed by atoms with van der Waals surface area (Å²) >= 11 is 0. The Hall–Kier alpha value is -2.30. The maximum Gasteiger partial charge on any atom is 0.418 e. The molecule has 5 nitrogen and oxygen atoms in total. The molecule has 0 bridgehead atoms. The number of hydrogen-bond donors (Lipinski definition) is 1. The highest BCUT2D eigenvalue weighted by atomic mass is 19.4. The first-order valence-corrected chi connectivity index (χ1v) is 10.4. The van der Waals surface area contributed by atoms with Gasteiger partial charge in [-0.3, -0.25) is 9.59 Å². The third-order valence-electron chi connectivity index (χ3n) is 5.97. The number of alkyl halides is 6. The Labute approximate surface area is 181 Å². The van der Waals surface area contributed by atoms with Gasteiger partial charge in [0.15, 0.2) is 0 Å². The minimum absolute atomic E-state index is 0.00717. The summed E-state index contributed by atoms with van der Waals surface area (Å²) in [5.74, 6) is -1.01. The van der Waals surface area contributed by atoms with E-state index in [1.165, 1.54) is 0 Å². The lowest BCUT2D eigenvalue weighted by atomic mass is 9.97. The summed E-state index contributed by atoms with van der Waals surface area (Å²) in [5.41, 5.74) is -3.71. The highest BCUT2D eigenvalue weighted by Crippen LogP contribution is 2.39. The fourth-order valence-corrected chi connectivity index (χ4v) is 4.35. The molecule has 1 aromatic rings. The van der Waals surface area contributed by atoms with E-state index in [0.717, 1.165) is 19.4 Å². The zero-order valence-corrected chi connectivity index (χ0v) is 17.5. The lowest BCUT2D eigenvalue weighted by molar-refractivity contribution is -0.142. The molecule has 0 aliphatic carbocycles. The summed E-state index contributed by atoms with van der Waals surface area (Å²) in [4.78, 5) is 28.8. The minimum Gasteiger partial charge on any atom is -0.342 e. The van der Waals surface area contributed by atoms with Crippen LogP contribution in [0, 0.1) is 11.8 Å². The fraction of sp³-hybridized carbons (Fsp3) is 0.619. The van der Waals surface area contributed by atoms with Gasteiger partial charge in [-0.25, -0.2) is 0 Å². The molecule has 2 atom stereocenters. The van der Waals surface area contributed by atoms with Crippen LogP contribution < -0.4 is 5.32 Å². The average Bonchev–Trinajstić information content (AvgIpc) is 3.14. The largest absolute Gasteiger partial charge is 0.418 e. The van der Waals surface area contributed by atoms with Crippen LogP contribution in [0.25, 0.3) is 0 Å². The topological polar surface area (TPSA) is 52.7 Å². The van der Waals surface area contributed by atoms with Crippen LogP contribution in [0.15, 0.2) is 18.2 Å². The smallest absolute Gasteiger partial charge is 0.342 e. The summed E-state index contributed by atoms with van der Waals surface area (Å²) in [6.45, 7) is 2.43. The van der Waals surface area contributed by atoms with E-state index in [1.807, 2.05) is 7.05 Å². The number of amides is 2. The van der Waals surface area contributed by atoms with Crippen molar-refractivity contribution in [2.45, 2.75) is 38.0 Å². The van der Waals surface area contributed by atoms with Gasteiger partial charge in [0.25, 0.3) is 0 Å². The lowest BCUT2D eigenvalue weighted by Gasteiger charge is -2.31. The standard InChI is InChI=1S/C21H25F6N3O2/c1-29-7-2-3-14(12-29)19(32)30-8-6-13(11-30)9-18(31)28-17-5-4-15(20(22,23)24)10-16(17)21(25,26)27/h4-5,10,13-14H,2-3,6-9,11-12H2,1H3,(H,28,31). The molecular formula is C21H25F6N3O2. The first-order valence-electron chi connectivity index (χ1n) is 10.4. The van der Waals surface area contributed by atoms with Gasteiger partial charge in [0.2, 0.25) is 11.8 Å². The second kappa shape index (κ2) is 9.29. The first-order chi connectivity index (χ1) is 14.8. The Bertz CT molecular complexity index is 855. The van der Waals surface area contributed by atoms with Crippen molar-refractivity contribution in [2.24, 2.45) is 11.8 Å². The van der Waals surface area contributed by atoms with Crippen molar-refractivity contribution >= 4 is 17.5 Å². The van der Waals surface area contributed by atoms with Crippen molar-refractivity contribution in [3.63, 3.8) is 0 Å². The second-order valence-corrected chi connectivity index (χ2v) is 8.55. The van der Waals surface area contributed by atoms with Gasteiger partial charge in [0, 0.05) is 26.1 Å². The molecule has 2 amide bonds. The molecule has 2 fully saturated rings. The van der Waals surface area contributed by atoms with E-state index >= 15 is 0 Å². The molecule has 1 N–H and O–H groups in total. The van der Waals surface area contributed by atoms with Crippen LogP contribution in [0.5, 0.6) is 0 Å². The second-order valence-electron chi connectivity index (χ2n) is 8.55. The molecule has 1 aromatic carbocycles. The summed E-state index contributed by atoms with van der Waals surface area (Å²) in [6.07, 6.45) is -7.84. The molecule has 0 radical (unpaired) electrons. The van der Waals surface area contributed by atoms with Crippen LogP contribution in [0.1, 0.15) is 36.8 Å². The molecule has 11 heteroatoms. The van der Waals surface area contributed by atoms with E-state index in [2.05, 4.69) is 10.2 Å². The van der Waals surface area contributed by atoms with Crippen molar-refractivity contribution in [1.82, 2.24) is 9.80 Å². The average molecular weight is 465 g/mol. The molecule has 0 aromatic heterocycles. The number of likely N-dealkylation sites (tertiary alicyclic amines) is 2. The third-order valence-corrected chi connectivity index (χ3v) is 5.97. The van der Waals surface area contributed by atoms with Crippen molar-refractivity contribution in [3.8, 4) is 0 Å². The quantitative estimate of drug-likeness (QED) is 0.677. The third kappa shape index (κ3) is 5.93. The summed E-state index contributed by atoms with van der Waals surface area (Å²) < 4.78 is 78.1. The van der Waals surface area contributed by atoms with Gasteiger partial charge in [-0.15, -0.1) is 0 Å².